The zero-order chi connectivity index (χ0) is 18.0. The summed E-state index contributed by atoms with van der Waals surface area (Å²) < 4.78 is 5.51. The molecule has 0 radical (unpaired) electrons. The van der Waals surface area contributed by atoms with Gasteiger partial charge >= 0.3 is 0 Å². The lowest BCUT2D eigenvalue weighted by Gasteiger charge is -2.24. The Kier molecular flexibility index (Phi) is 4.81. The summed E-state index contributed by atoms with van der Waals surface area (Å²) in [6.45, 7) is 3.42. The van der Waals surface area contributed by atoms with E-state index in [1.165, 1.54) is 0 Å². The highest BCUT2D eigenvalue weighted by molar-refractivity contribution is 6.33. The topological polar surface area (TPSA) is 79.5 Å². The number of carbonyl (C=O) groups is 2. The molecule has 3 rings (SSSR count). The average molecular weight is 360 g/mol. The van der Waals surface area contributed by atoms with Gasteiger partial charge in [-0.3, -0.25) is 9.59 Å². The van der Waals surface area contributed by atoms with E-state index in [1.54, 1.807) is 56.3 Å². The van der Waals surface area contributed by atoms with Crippen LogP contribution in [0, 0.1) is 0 Å². The van der Waals surface area contributed by atoms with Crippen molar-refractivity contribution in [2.24, 2.45) is 0 Å². The van der Waals surface area contributed by atoms with E-state index in [0.717, 1.165) is 0 Å². The van der Waals surface area contributed by atoms with Crippen molar-refractivity contribution in [2.75, 3.05) is 16.0 Å². The molecule has 3 N–H and O–H groups in total. The highest BCUT2D eigenvalue weighted by Gasteiger charge is 2.24. The van der Waals surface area contributed by atoms with Gasteiger partial charge in [-0.05, 0) is 44.2 Å². The maximum Gasteiger partial charge on any atom is 0.265 e. The van der Waals surface area contributed by atoms with Crippen LogP contribution in [0.1, 0.15) is 13.8 Å². The number of hydrogen-bond acceptors (Lipinski definition) is 4. The first-order valence-corrected chi connectivity index (χ1v) is 8.25. The van der Waals surface area contributed by atoms with E-state index in [4.69, 9.17) is 16.3 Å². The minimum atomic E-state index is -0.522. The maximum absolute atomic E-state index is 12.3. The molecule has 1 heterocycles. The predicted octanol–water partition coefficient (Wildman–Crippen LogP) is 3.50. The molecule has 2 unspecified atom stereocenters. The molecule has 7 heteroatoms. The summed E-state index contributed by atoms with van der Waals surface area (Å²) in [4.78, 5) is 24.0. The number of para-hydroxylation sites is 1. The molecule has 130 valence electrons. The molecule has 0 bridgehead atoms. The van der Waals surface area contributed by atoms with Crippen molar-refractivity contribution in [3.05, 3.63) is 47.5 Å². The zero-order valence-corrected chi connectivity index (χ0v) is 14.6. The highest BCUT2D eigenvalue weighted by atomic mass is 35.5. The van der Waals surface area contributed by atoms with Gasteiger partial charge in [0.1, 0.15) is 11.8 Å². The molecule has 6 nitrogen and oxygen atoms in total. The Hall–Kier alpha value is -2.73. The van der Waals surface area contributed by atoms with Crippen LogP contribution < -0.4 is 20.7 Å². The molecule has 2 aromatic rings. The van der Waals surface area contributed by atoms with E-state index >= 15 is 0 Å². The molecular weight excluding hydrogens is 342 g/mol. The van der Waals surface area contributed by atoms with Crippen molar-refractivity contribution in [2.45, 2.75) is 26.0 Å². The zero-order valence-electron chi connectivity index (χ0n) is 13.8. The van der Waals surface area contributed by atoms with Gasteiger partial charge in [-0.2, -0.15) is 0 Å². The van der Waals surface area contributed by atoms with Crippen LogP contribution in [0.15, 0.2) is 42.5 Å². The lowest BCUT2D eigenvalue weighted by Crippen LogP contribution is -2.34. The fourth-order valence-electron chi connectivity index (χ4n) is 2.42. The Bertz CT molecular complexity index is 825. The van der Waals surface area contributed by atoms with Crippen LogP contribution in [-0.4, -0.2) is 24.0 Å². The molecule has 0 saturated heterocycles. The van der Waals surface area contributed by atoms with Crippen LogP contribution >= 0.6 is 11.6 Å². The van der Waals surface area contributed by atoms with Gasteiger partial charge in [0.25, 0.3) is 5.91 Å². The molecule has 2 amide bonds. The number of carbonyl (C=O) groups excluding carboxylic acids is 2. The lowest BCUT2D eigenvalue weighted by molar-refractivity contribution is -0.122. The number of rotatable bonds is 4. The summed E-state index contributed by atoms with van der Waals surface area (Å²) in [7, 11) is 0. The minimum absolute atomic E-state index is 0.200. The molecule has 2 aromatic carbocycles. The van der Waals surface area contributed by atoms with Gasteiger partial charge in [0.05, 0.1) is 16.4 Å². The smallest absolute Gasteiger partial charge is 0.265 e. The summed E-state index contributed by atoms with van der Waals surface area (Å²) in [6, 6.07) is 11.8. The first kappa shape index (κ1) is 17.1. The average Bonchev–Trinajstić information content (AvgIpc) is 2.58. The number of amides is 2. The Balaban J connectivity index is 1.68. The molecule has 0 aliphatic carbocycles. The van der Waals surface area contributed by atoms with Gasteiger partial charge in [-0.1, -0.05) is 23.7 Å². The third kappa shape index (κ3) is 3.85. The van der Waals surface area contributed by atoms with Crippen molar-refractivity contribution in [1.82, 2.24) is 0 Å². The van der Waals surface area contributed by atoms with Crippen molar-refractivity contribution in [3.63, 3.8) is 0 Å². The van der Waals surface area contributed by atoms with E-state index in [1.807, 2.05) is 0 Å². The number of hydrogen-bond donors (Lipinski definition) is 3. The third-order valence-electron chi connectivity index (χ3n) is 3.82. The van der Waals surface area contributed by atoms with Crippen LogP contribution in [0.4, 0.5) is 17.1 Å². The van der Waals surface area contributed by atoms with Crippen LogP contribution in [0.25, 0.3) is 0 Å². The van der Waals surface area contributed by atoms with E-state index in [0.29, 0.717) is 27.8 Å². The van der Waals surface area contributed by atoms with Gasteiger partial charge in [-0.15, -0.1) is 0 Å². The summed E-state index contributed by atoms with van der Waals surface area (Å²) >= 11 is 6.05. The minimum Gasteiger partial charge on any atom is -0.479 e. The summed E-state index contributed by atoms with van der Waals surface area (Å²) in [6.07, 6.45) is -0.522. The molecule has 0 fully saturated rings. The predicted molar refractivity (Wildman–Crippen MR) is 98.3 cm³/mol. The Morgan fingerprint density at radius 3 is 2.80 bits per heavy atom. The normalized spacial score (nSPS) is 16.9. The number of halogens is 1. The van der Waals surface area contributed by atoms with Crippen LogP contribution in [-0.2, 0) is 9.59 Å². The monoisotopic (exact) mass is 359 g/mol. The standard InChI is InChI=1S/C18H18ClN3O3/c1-10(17(23)21-14-6-4-3-5-13(14)19)20-12-7-8-16-15(9-12)22-18(24)11(2)25-16/h3-11,20H,1-2H3,(H,21,23)(H,22,24). The molecule has 0 saturated carbocycles. The van der Waals surface area contributed by atoms with Gasteiger partial charge in [0.15, 0.2) is 6.10 Å². The number of ether oxygens (including phenoxy) is 1. The summed E-state index contributed by atoms with van der Waals surface area (Å²) in [5.41, 5.74) is 1.83. The molecule has 1 aliphatic heterocycles. The third-order valence-corrected chi connectivity index (χ3v) is 4.15. The second-order valence-corrected chi connectivity index (χ2v) is 6.20. The quantitative estimate of drug-likeness (QED) is 0.780. The van der Waals surface area contributed by atoms with Crippen LogP contribution in [0.2, 0.25) is 5.02 Å². The first-order valence-electron chi connectivity index (χ1n) is 7.87. The fourth-order valence-corrected chi connectivity index (χ4v) is 2.60. The van der Waals surface area contributed by atoms with Crippen molar-refractivity contribution < 1.29 is 14.3 Å². The Morgan fingerprint density at radius 2 is 2.04 bits per heavy atom. The maximum atomic E-state index is 12.3. The van der Waals surface area contributed by atoms with Gasteiger partial charge in [0.2, 0.25) is 5.91 Å². The number of benzene rings is 2. The van der Waals surface area contributed by atoms with Crippen LogP contribution in [0.3, 0.4) is 0 Å². The SMILES string of the molecule is CC(Nc1ccc2c(c1)NC(=O)C(C)O2)C(=O)Nc1ccccc1Cl. The van der Waals surface area contributed by atoms with Crippen LogP contribution in [0.5, 0.6) is 5.75 Å². The molecular formula is C18H18ClN3O3. The Morgan fingerprint density at radius 1 is 1.28 bits per heavy atom. The van der Waals surface area contributed by atoms with Crippen molar-refractivity contribution >= 4 is 40.5 Å². The van der Waals surface area contributed by atoms with E-state index in [2.05, 4.69) is 16.0 Å². The van der Waals surface area contributed by atoms with Crippen molar-refractivity contribution in [3.8, 4) is 5.75 Å². The number of anilines is 3. The van der Waals surface area contributed by atoms with E-state index in [9.17, 15) is 9.59 Å². The fraction of sp³-hybridized carbons (Fsp3) is 0.222. The summed E-state index contributed by atoms with van der Waals surface area (Å²) in [5.74, 6) is 0.180. The molecule has 2 atom stereocenters. The molecule has 0 aromatic heterocycles. The second kappa shape index (κ2) is 7.03. The molecule has 25 heavy (non-hydrogen) atoms. The first-order chi connectivity index (χ1) is 11.9. The number of nitrogens with one attached hydrogen (secondary N) is 3. The molecule has 0 spiro atoms. The van der Waals surface area contributed by atoms with E-state index < -0.39 is 12.1 Å². The Labute approximate surface area is 150 Å². The van der Waals surface area contributed by atoms with Gasteiger partial charge in [-0.25, -0.2) is 0 Å². The van der Waals surface area contributed by atoms with E-state index in [-0.39, 0.29) is 11.8 Å². The second-order valence-electron chi connectivity index (χ2n) is 5.80. The van der Waals surface area contributed by atoms with Gasteiger partial charge in [0, 0.05) is 5.69 Å². The number of fused-ring (bicyclic) bond motifs is 1. The summed E-state index contributed by atoms with van der Waals surface area (Å²) in [5, 5.41) is 9.13. The van der Waals surface area contributed by atoms with Gasteiger partial charge < -0.3 is 20.7 Å². The lowest BCUT2D eigenvalue weighted by atomic mass is 10.2. The van der Waals surface area contributed by atoms with Crippen molar-refractivity contribution in [1.29, 1.82) is 0 Å². The highest BCUT2D eigenvalue weighted by Crippen LogP contribution is 2.32. The molecule has 1 aliphatic rings. The largest absolute Gasteiger partial charge is 0.479 e.